The summed E-state index contributed by atoms with van der Waals surface area (Å²) >= 11 is 2.74. The van der Waals surface area contributed by atoms with Crippen LogP contribution >= 0.6 is 23.3 Å². The standard InChI is InChI=1S/C21H17N3O3S2/c1-26-15-7-3-13(4-8-15)17(25)11-28-21-20-19(22-12-23-21)18(24-29-20)14-5-9-16(27-2)10-6-14/h3-10,12H,11H2,1-2H3. The number of methoxy groups -OCH3 is 2. The van der Waals surface area contributed by atoms with E-state index in [9.17, 15) is 4.79 Å². The van der Waals surface area contributed by atoms with Crippen LogP contribution in [0.3, 0.4) is 0 Å². The summed E-state index contributed by atoms with van der Waals surface area (Å²) in [7, 11) is 3.24. The number of ketones is 1. The van der Waals surface area contributed by atoms with Crippen molar-refractivity contribution in [1.82, 2.24) is 14.3 Å². The predicted octanol–water partition coefficient (Wildman–Crippen LogP) is 4.75. The molecule has 2 heterocycles. The van der Waals surface area contributed by atoms with Crippen molar-refractivity contribution in [2.24, 2.45) is 0 Å². The Balaban J connectivity index is 1.55. The first-order valence-corrected chi connectivity index (χ1v) is 10.5. The molecule has 0 N–H and O–H groups in total. The molecule has 146 valence electrons. The smallest absolute Gasteiger partial charge is 0.173 e. The first-order chi connectivity index (χ1) is 14.2. The van der Waals surface area contributed by atoms with Crippen molar-refractivity contribution in [2.45, 2.75) is 5.03 Å². The van der Waals surface area contributed by atoms with Crippen LogP contribution in [0.4, 0.5) is 0 Å². The number of Topliss-reactive ketones (excluding diaryl/α,β-unsaturated/α-hetero) is 1. The van der Waals surface area contributed by atoms with Crippen molar-refractivity contribution < 1.29 is 14.3 Å². The van der Waals surface area contributed by atoms with Crippen molar-refractivity contribution in [1.29, 1.82) is 0 Å². The number of aromatic nitrogens is 3. The van der Waals surface area contributed by atoms with Gasteiger partial charge in [-0.1, -0.05) is 11.8 Å². The highest BCUT2D eigenvalue weighted by Gasteiger charge is 2.16. The first kappa shape index (κ1) is 19.4. The van der Waals surface area contributed by atoms with Crippen molar-refractivity contribution in [3.05, 3.63) is 60.4 Å². The summed E-state index contributed by atoms with van der Waals surface area (Å²) in [6.07, 6.45) is 1.52. The number of carbonyl (C=O) groups is 1. The third-order valence-corrected chi connectivity index (χ3v) is 6.30. The number of fused-ring (bicyclic) bond motifs is 1. The molecule has 4 aromatic rings. The molecule has 0 atom stereocenters. The van der Waals surface area contributed by atoms with Crippen LogP contribution < -0.4 is 9.47 Å². The molecule has 0 amide bonds. The highest BCUT2D eigenvalue weighted by Crippen LogP contribution is 2.35. The highest BCUT2D eigenvalue weighted by molar-refractivity contribution is 8.00. The predicted molar refractivity (Wildman–Crippen MR) is 115 cm³/mol. The molecule has 0 aliphatic heterocycles. The van der Waals surface area contributed by atoms with E-state index >= 15 is 0 Å². The van der Waals surface area contributed by atoms with E-state index in [1.165, 1.54) is 29.6 Å². The Labute approximate surface area is 176 Å². The minimum atomic E-state index is 0.0318. The maximum atomic E-state index is 12.5. The summed E-state index contributed by atoms with van der Waals surface area (Å²) in [6.45, 7) is 0. The monoisotopic (exact) mass is 423 g/mol. The molecule has 0 aliphatic carbocycles. The van der Waals surface area contributed by atoms with Crippen LogP contribution in [0.1, 0.15) is 10.4 Å². The number of carbonyl (C=O) groups excluding carboxylic acids is 1. The van der Waals surface area contributed by atoms with Crippen molar-refractivity contribution in [3.8, 4) is 22.8 Å². The Kier molecular flexibility index (Phi) is 5.73. The molecule has 8 heteroatoms. The molecule has 6 nitrogen and oxygen atoms in total. The number of rotatable bonds is 7. The Hall–Kier alpha value is -2.97. The van der Waals surface area contributed by atoms with E-state index in [-0.39, 0.29) is 11.5 Å². The lowest BCUT2D eigenvalue weighted by Gasteiger charge is -2.04. The van der Waals surface area contributed by atoms with E-state index in [2.05, 4.69) is 14.3 Å². The highest BCUT2D eigenvalue weighted by atomic mass is 32.2. The molecule has 0 radical (unpaired) electrons. The maximum absolute atomic E-state index is 12.5. The number of ether oxygens (including phenoxy) is 2. The largest absolute Gasteiger partial charge is 0.497 e. The van der Waals surface area contributed by atoms with Gasteiger partial charge in [0.2, 0.25) is 0 Å². The van der Waals surface area contributed by atoms with Crippen molar-refractivity contribution in [3.63, 3.8) is 0 Å². The second kappa shape index (κ2) is 8.59. The molecule has 0 bridgehead atoms. The fourth-order valence-electron chi connectivity index (χ4n) is 2.78. The van der Waals surface area contributed by atoms with Crippen LogP contribution in [0, 0.1) is 0 Å². The lowest BCUT2D eigenvalue weighted by Crippen LogP contribution is -2.02. The molecule has 2 aromatic carbocycles. The summed E-state index contributed by atoms with van der Waals surface area (Å²) < 4.78 is 15.8. The Bertz CT molecular complexity index is 1140. The van der Waals surface area contributed by atoms with Crippen LogP contribution in [0.25, 0.3) is 21.5 Å². The van der Waals surface area contributed by atoms with Gasteiger partial charge in [0.25, 0.3) is 0 Å². The molecular weight excluding hydrogens is 406 g/mol. The van der Waals surface area contributed by atoms with E-state index in [0.29, 0.717) is 5.56 Å². The second-order valence-electron chi connectivity index (χ2n) is 6.06. The van der Waals surface area contributed by atoms with Crippen molar-refractivity contribution in [2.75, 3.05) is 20.0 Å². The normalized spacial score (nSPS) is 10.8. The fourth-order valence-corrected chi connectivity index (χ4v) is 4.59. The fraction of sp³-hybridized carbons (Fsp3) is 0.143. The lowest BCUT2D eigenvalue weighted by atomic mass is 10.1. The van der Waals surface area contributed by atoms with Gasteiger partial charge in [0.1, 0.15) is 38.8 Å². The topological polar surface area (TPSA) is 74.2 Å². The quantitative estimate of drug-likeness (QED) is 0.241. The van der Waals surface area contributed by atoms with Gasteiger partial charge < -0.3 is 9.47 Å². The Morgan fingerprint density at radius 3 is 2.28 bits per heavy atom. The van der Waals surface area contributed by atoms with Gasteiger partial charge in [-0.3, -0.25) is 4.79 Å². The molecule has 0 saturated heterocycles. The Morgan fingerprint density at radius 1 is 0.966 bits per heavy atom. The summed E-state index contributed by atoms with van der Waals surface area (Å²) in [5.74, 6) is 1.83. The molecule has 29 heavy (non-hydrogen) atoms. The van der Waals surface area contributed by atoms with E-state index < -0.39 is 0 Å². The van der Waals surface area contributed by atoms with E-state index in [0.717, 1.165) is 38.0 Å². The van der Waals surface area contributed by atoms with Gasteiger partial charge in [-0.25, -0.2) is 9.97 Å². The third-order valence-electron chi connectivity index (χ3n) is 4.34. The van der Waals surface area contributed by atoms with Gasteiger partial charge in [0.05, 0.1) is 20.0 Å². The third kappa shape index (κ3) is 4.08. The van der Waals surface area contributed by atoms with E-state index in [4.69, 9.17) is 9.47 Å². The van der Waals surface area contributed by atoms with Gasteiger partial charge in [0.15, 0.2) is 5.78 Å². The molecule has 4 rings (SSSR count). The lowest BCUT2D eigenvalue weighted by molar-refractivity contribution is 0.102. The van der Waals surface area contributed by atoms with Crippen LogP contribution in [-0.2, 0) is 0 Å². The molecule has 0 saturated carbocycles. The summed E-state index contributed by atoms with van der Waals surface area (Å²) in [6, 6.07) is 14.8. The minimum Gasteiger partial charge on any atom is -0.497 e. The molecule has 0 fully saturated rings. The molecular formula is C21H17N3O3S2. The van der Waals surface area contributed by atoms with Crippen LogP contribution in [0.2, 0.25) is 0 Å². The zero-order valence-corrected chi connectivity index (χ0v) is 17.4. The van der Waals surface area contributed by atoms with Gasteiger partial charge in [-0.2, -0.15) is 4.37 Å². The van der Waals surface area contributed by atoms with Gasteiger partial charge in [-0.15, -0.1) is 0 Å². The van der Waals surface area contributed by atoms with Crippen molar-refractivity contribution >= 4 is 39.3 Å². The Morgan fingerprint density at radius 2 is 1.62 bits per heavy atom. The summed E-state index contributed by atoms with van der Waals surface area (Å²) in [5, 5.41) is 0.758. The van der Waals surface area contributed by atoms with E-state index in [1.54, 1.807) is 38.5 Å². The average Bonchev–Trinajstić information content (AvgIpc) is 3.22. The van der Waals surface area contributed by atoms with Crippen LogP contribution in [0.5, 0.6) is 11.5 Å². The van der Waals surface area contributed by atoms with Gasteiger partial charge in [-0.05, 0) is 60.1 Å². The van der Waals surface area contributed by atoms with E-state index in [1.807, 2.05) is 24.3 Å². The zero-order valence-electron chi connectivity index (χ0n) is 15.8. The number of hydrogen-bond acceptors (Lipinski definition) is 8. The minimum absolute atomic E-state index is 0.0318. The molecule has 0 aliphatic rings. The SMILES string of the molecule is COc1ccc(C(=O)CSc2ncnc3c(-c4ccc(OC)cc4)nsc23)cc1. The summed E-state index contributed by atoms with van der Waals surface area (Å²) in [5.41, 5.74) is 3.20. The maximum Gasteiger partial charge on any atom is 0.173 e. The first-order valence-electron chi connectivity index (χ1n) is 8.74. The molecule has 0 unspecified atom stereocenters. The number of nitrogens with zero attached hydrogens (tertiary/aromatic N) is 3. The van der Waals surface area contributed by atoms with Crippen LogP contribution in [-0.4, -0.2) is 40.1 Å². The second-order valence-corrected chi connectivity index (χ2v) is 7.79. The molecule has 0 spiro atoms. The average molecular weight is 424 g/mol. The number of hydrogen-bond donors (Lipinski definition) is 0. The van der Waals surface area contributed by atoms with Gasteiger partial charge in [0, 0.05) is 11.1 Å². The summed E-state index contributed by atoms with van der Waals surface area (Å²) in [4.78, 5) is 21.3. The molecule has 2 aromatic heterocycles. The zero-order chi connectivity index (χ0) is 20.2. The van der Waals surface area contributed by atoms with Crippen LogP contribution in [0.15, 0.2) is 59.9 Å². The number of benzene rings is 2. The number of thioether (sulfide) groups is 1. The van der Waals surface area contributed by atoms with Gasteiger partial charge >= 0.3 is 0 Å².